The van der Waals surface area contributed by atoms with Crippen molar-refractivity contribution in [2.24, 2.45) is 4.99 Å². The molecule has 2 aliphatic rings. The Morgan fingerprint density at radius 3 is 3.27 bits per heavy atom. The molecular weight excluding hydrogens is 140 g/mol. The van der Waals surface area contributed by atoms with Gasteiger partial charge >= 0.3 is 0 Å². The van der Waals surface area contributed by atoms with Crippen LogP contribution >= 0.6 is 0 Å². The van der Waals surface area contributed by atoms with Gasteiger partial charge in [-0.1, -0.05) is 12.2 Å². The number of carbonyl (C=O) groups is 1. The summed E-state index contributed by atoms with van der Waals surface area (Å²) in [5.74, 6) is 0.0862. The van der Waals surface area contributed by atoms with Gasteiger partial charge in [0.2, 0.25) is 5.91 Å². The maximum atomic E-state index is 11.2. The van der Waals surface area contributed by atoms with Gasteiger partial charge in [-0.05, 0) is 6.08 Å². The SMILES string of the molecule is O=C1CN=CC2=CC=CCN12. The Kier molecular flexibility index (Phi) is 1.35. The Morgan fingerprint density at radius 1 is 1.55 bits per heavy atom. The molecular formula is C8H8N2O. The van der Waals surface area contributed by atoms with E-state index >= 15 is 0 Å². The van der Waals surface area contributed by atoms with Crippen molar-refractivity contribution in [1.82, 2.24) is 4.90 Å². The summed E-state index contributed by atoms with van der Waals surface area (Å²) in [7, 11) is 0. The highest BCUT2D eigenvalue weighted by molar-refractivity contribution is 5.94. The lowest BCUT2D eigenvalue weighted by Gasteiger charge is -2.25. The second kappa shape index (κ2) is 2.34. The molecule has 0 saturated carbocycles. The van der Waals surface area contributed by atoms with E-state index in [0.29, 0.717) is 13.1 Å². The molecule has 1 amide bonds. The molecule has 0 spiro atoms. The molecule has 0 N–H and O–H groups in total. The minimum absolute atomic E-state index is 0.0862. The summed E-state index contributed by atoms with van der Waals surface area (Å²) < 4.78 is 0. The van der Waals surface area contributed by atoms with Gasteiger partial charge in [0.15, 0.2) is 0 Å². The summed E-state index contributed by atoms with van der Waals surface area (Å²) in [6, 6.07) is 0. The van der Waals surface area contributed by atoms with E-state index in [9.17, 15) is 4.79 Å². The number of hydrogen-bond donors (Lipinski definition) is 0. The van der Waals surface area contributed by atoms with Crippen LogP contribution in [0, 0.1) is 0 Å². The monoisotopic (exact) mass is 148 g/mol. The third kappa shape index (κ3) is 0.981. The average molecular weight is 148 g/mol. The average Bonchev–Trinajstić information content (AvgIpc) is 2.06. The van der Waals surface area contributed by atoms with Gasteiger partial charge in [0.25, 0.3) is 0 Å². The lowest BCUT2D eigenvalue weighted by Crippen LogP contribution is -2.36. The third-order valence-corrected chi connectivity index (χ3v) is 1.75. The summed E-state index contributed by atoms with van der Waals surface area (Å²) >= 11 is 0. The van der Waals surface area contributed by atoms with Crippen LogP contribution in [0.3, 0.4) is 0 Å². The number of fused-ring (bicyclic) bond motifs is 1. The Bertz CT molecular complexity index is 276. The molecule has 0 bridgehead atoms. The quantitative estimate of drug-likeness (QED) is 0.488. The van der Waals surface area contributed by atoms with Gasteiger partial charge in [-0.25, -0.2) is 0 Å². The first-order chi connectivity index (χ1) is 5.38. The highest BCUT2D eigenvalue weighted by Gasteiger charge is 2.19. The number of aliphatic imine (C=N–C) groups is 1. The molecule has 2 heterocycles. The summed E-state index contributed by atoms with van der Waals surface area (Å²) in [5.41, 5.74) is 0.906. The fourth-order valence-electron chi connectivity index (χ4n) is 1.19. The van der Waals surface area contributed by atoms with E-state index < -0.39 is 0 Å². The molecule has 0 aromatic rings. The molecule has 0 aromatic carbocycles. The summed E-state index contributed by atoms with van der Waals surface area (Å²) in [4.78, 5) is 16.8. The van der Waals surface area contributed by atoms with Gasteiger partial charge in [-0.3, -0.25) is 9.79 Å². The van der Waals surface area contributed by atoms with E-state index in [1.54, 1.807) is 11.1 Å². The molecule has 0 radical (unpaired) electrons. The van der Waals surface area contributed by atoms with Crippen molar-refractivity contribution < 1.29 is 4.79 Å². The number of amides is 1. The van der Waals surface area contributed by atoms with Crippen molar-refractivity contribution in [3.63, 3.8) is 0 Å². The van der Waals surface area contributed by atoms with Gasteiger partial charge in [-0.2, -0.15) is 0 Å². The van der Waals surface area contributed by atoms with Crippen molar-refractivity contribution >= 4 is 12.1 Å². The van der Waals surface area contributed by atoms with E-state index in [0.717, 1.165) is 5.70 Å². The predicted octanol–water partition coefficient (Wildman–Crippen LogP) is 0.353. The topological polar surface area (TPSA) is 32.7 Å². The minimum atomic E-state index is 0.0862. The largest absolute Gasteiger partial charge is 0.305 e. The normalized spacial score (nSPS) is 21.6. The molecule has 3 nitrogen and oxygen atoms in total. The molecule has 0 aromatic heterocycles. The molecule has 2 rings (SSSR count). The van der Waals surface area contributed by atoms with Gasteiger partial charge in [0.05, 0.1) is 5.70 Å². The maximum Gasteiger partial charge on any atom is 0.248 e. The van der Waals surface area contributed by atoms with E-state index in [1.807, 2.05) is 18.2 Å². The molecule has 0 aliphatic carbocycles. The van der Waals surface area contributed by atoms with Gasteiger partial charge in [-0.15, -0.1) is 0 Å². The Morgan fingerprint density at radius 2 is 2.45 bits per heavy atom. The molecule has 0 saturated heterocycles. The second-order valence-electron chi connectivity index (χ2n) is 2.49. The number of nitrogens with zero attached hydrogens (tertiary/aromatic N) is 2. The first-order valence-electron chi connectivity index (χ1n) is 3.55. The fraction of sp³-hybridized carbons (Fsp3) is 0.250. The standard InChI is InChI=1S/C8H8N2O/c11-8-6-9-5-7-3-1-2-4-10(7)8/h1-3,5H,4,6H2. The lowest BCUT2D eigenvalue weighted by molar-refractivity contribution is -0.127. The molecule has 56 valence electrons. The first-order valence-corrected chi connectivity index (χ1v) is 3.55. The van der Waals surface area contributed by atoms with Crippen LogP contribution < -0.4 is 0 Å². The van der Waals surface area contributed by atoms with Crippen LogP contribution in [0.1, 0.15) is 0 Å². The summed E-state index contributed by atoms with van der Waals surface area (Å²) in [6.07, 6.45) is 7.53. The van der Waals surface area contributed by atoms with Crippen LogP contribution in [0.15, 0.2) is 28.9 Å². The van der Waals surface area contributed by atoms with E-state index in [4.69, 9.17) is 0 Å². The van der Waals surface area contributed by atoms with Crippen molar-refractivity contribution in [1.29, 1.82) is 0 Å². The molecule has 11 heavy (non-hydrogen) atoms. The van der Waals surface area contributed by atoms with Crippen molar-refractivity contribution in [2.45, 2.75) is 0 Å². The van der Waals surface area contributed by atoms with E-state index in [-0.39, 0.29) is 5.91 Å². The van der Waals surface area contributed by atoms with Crippen LogP contribution in [0.5, 0.6) is 0 Å². The first kappa shape index (κ1) is 6.34. The smallest absolute Gasteiger partial charge is 0.248 e. The zero-order valence-corrected chi connectivity index (χ0v) is 6.03. The van der Waals surface area contributed by atoms with Crippen molar-refractivity contribution in [3.8, 4) is 0 Å². The Labute approximate surface area is 64.7 Å². The highest BCUT2D eigenvalue weighted by Crippen LogP contribution is 2.11. The second-order valence-corrected chi connectivity index (χ2v) is 2.49. The van der Waals surface area contributed by atoms with E-state index in [1.165, 1.54) is 0 Å². The minimum Gasteiger partial charge on any atom is -0.305 e. The number of allylic oxidation sites excluding steroid dienone is 3. The van der Waals surface area contributed by atoms with Crippen molar-refractivity contribution in [3.05, 3.63) is 23.9 Å². The highest BCUT2D eigenvalue weighted by atomic mass is 16.2. The van der Waals surface area contributed by atoms with Gasteiger partial charge in [0, 0.05) is 12.8 Å². The van der Waals surface area contributed by atoms with Crippen molar-refractivity contribution in [2.75, 3.05) is 13.1 Å². The van der Waals surface area contributed by atoms with Gasteiger partial charge < -0.3 is 4.90 Å². The zero-order chi connectivity index (χ0) is 7.68. The zero-order valence-electron chi connectivity index (χ0n) is 6.03. The molecule has 3 heteroatoms. The van der Waals surface area contributed by atoms with Crippen LogP contribution in [-0.4, -0.2) is 30.1 Å². The lowest BCUT2D eigenvalue weighted by atomic mass is 10.2. The molecule has 0 atom stereocenters. The Balaban J connectivity index is 2.36. The predicted molar refractivity (Wildman–Crippen MR) is 42.3 cm³/mol. The van der Waals surface area contributed by atoms with Crippen LogP contribution in [0.25, 0.3) is 0 Å². The van der Waals surface area contributed by atoms with Crippen LogP contribution in [-0.2, 0) is 4.79 Å². The van der Waals surface area contributed by atoms with Gasteiger partial charge in [0.1, 0.15) is 6.54 Å². The number of carbonyl (C=O) groups excluding carboxylic acids is 1. The summed E-state index contributed by atoms with van der Waals surface area (Å²) in [6.45, 7) is 0.988. The summed E-state index contributed by atoms with van der Waals surface area (Å²) in [5, 5.41) is 0. The molecule has 0 fully saturated rings. The molecule has 2 aliphatic heterocycles. The van der Waals surface area contributed by atoms with Crippen LogP contribution in [0.2, 0.25) is 0 Å². The number of rotatable bonds is 0. The number of hydrogen-bond acceptors (Lipinski definition) is 2. The van der Waals surface area contributed by atoms with Crippen LogP contribution in [0.4, 0.5) is 0 Å². The maximum absolute atomic E-state index is 11.2. The molecule has 0 unspecified atom stereocenters. The fourth-order valence-corrected chi connectivity index (χ4v) is 1.19. The third-order valence-electron chi connectivity index (χ3n) is 1.75. The Hall–Kier alpha value is -1.38. The van der Waals surface area contributed by atoms with E-state index in [2.05, 4.69) is 4.99 Å².